The van der Waals surface area contributed by atoms with Gasteiger partial charge in [-0.25, -0.2) is 0 Å². The van der Waals surface area contributed by atoms with Crippen LogP contribution in [0, 0.1) is 0 Å². The number of hydrogen-bond acceptors (Lipinski definition) is 4. The van der Waals surface area contributed by atoms with E-state index >= 15 is 0 Å². The van der Waals surface area contributed by atoms with Gasteiger partial charge < -0.3 is 14.4 Å². The molecule has 3 rings (SSSR count). The molecule has 0 spiro atoms. The number of hydrogen-bond donors (Lipinski definition) is 1. The molecule has 0 bridgehead atoms. The lowest BCUT2D eigenvalue weighted by molar-refractivity contribution is 0.292. The van der Waals surface area contributed by atoms with Crippen molar-refractivity contribution in [3.05, 3.63) is 48.3 Å². The van der Waals surface area contributed by atoms with Gasteiger partial charge in [0.25, 0.3) is 0 Å². The number of aromatic nitrogens is 1. The molecule has 0 aliphatic carbocycles. The zero-order valence-electron chi connectivity index (χ0n) is 12.7. The van der Waals surface area contributed by atoms with Gasteiger partial charge in [0.1, 0.15) is 5.75 Å². The van der Waals surface area contributed by atoms with Crippen LogP contribution >= 0.6 is 0 Å². The largest absolute Gasteiger partial charge is 0.494 e. The van der Waals surface area contributed by atoms with Crippen molar-refractivity contribution in [3.63, 3.8) is 0 Å². The van der Waals surface area contributed by atoms with Crippen LogP contribution in [0.4, 0.5) is 0 Å². The van der Waals surface area contributed by atoms with E-state index in [0.29, 0.717) is 12.9 Å². The van der Waals surface area contributed by atoms with Crippen LogP contribution in [0.5, 0.6) is 5.75 Å². The summed E-state index contributed by atoms with van der Waals surface area (Å²) in [5, 5.41) is 9.51. The molecule has 0 amide bonds. The Kier molecular flexibility index (Phi) is 4.75. The van der Waals surface area contributed by atoms with Crippen LogP contribution in [0.1, 0.15) is 24.8 Å². The third kappa shape index (κ3) is 3.48. The number of rotatable bonds is 5. The molecule has 1 N–H and O–H groups in total. The summed E-state index contributed by atoms with van der Waals surface area (Å²) < 4.78 is 10.9. The van der Waals surface area contributed by atoms with Gasteiger partial charge in [-0.05, 0) is 42.1 Å². The first kappa shape index (κ1) is 15.1. The number of nitrogens with zero attached hydrogens (tertiary/aromatic N) is 1. The molecule has 1 aliphatic rings. The van der Waals surface area contributed by atoms with Gasteiger partial charge in [-0.3, -0.25) is 4.98 Å². The van der Waals surface area contributed by atoms with Crippen LogP contribution in [0.3, 0.4) is 0 Å². The zero-order valence-corrected chi connectivity index (χ0v) is 12.7. The molecule has 2 heterocycles. The Morgan fingerprint density at radius 1 is 1.32 bits per heavy atom. The van der Waals surface area contributed by atoms with E-state index in [1.807, 2.05) is 30.6 Å². The van der Waals surface area contributed by atoms with Gasteiger partial charge in [0.15, 0.2) is 0 Å². The molecule has 1 fully saturated rings. The summed E-state index contributed by atoms with van der Waals surface area (Å²) in [4.78, 5) is 4.34. The average Bonchev–Trinajstić information content (AvgIpc) is 3.00. The molecule has 1 aromatic heterocycles. The van der Waals surface area contributed by atoms with E-state index in [1.165, 1.54) is 0 Å². The maximum Gasteiger partial charge on any atom is 0.454 e. The van der Waals surface area contributed by atoms with Crippen LogP contribution in [0.25, 0.3) is 11.1 Å². The molecule has 1 aromatic carbocycles. The smallest absolute Gasteiger partial charge is 0.454 e. The summed E-state index contributed by atoms with van der Waals surface area (Å²) in [6, 6.07) is 10.2. The van der Waals surface area contributed by atoms with E-state index in [-0.39, 0.29) is 5.92 Å². The fourth-order valence-electron chi connectivity index (χ4n) is 2.66. The first-order chi connectivity index (χ1) is 10.8. The molecule has 1 aliphatic heterocycles. The number of benzene rings is 1. The third-order valence-corrected chi connectivity index (χ3v) is 3.85. The van der Waals surface area contributed by atoms with Crippen molar-refractivity contribution in [2.45, 2.75) is 25.6 Å². The van der Waals surface area contributed by atoms with Crippen LogP contribution in [-0.4, -0.2) is 30.3 Å². The second kappa shape index (κ2) is 6.94. The Labute approximate surface area is 131 Å². The van der Waals surface area contributed by atoms with E-state index in [2.05, 4.69) is 24.0 Å². The fraction of sp³-hybridized carbons (Fsp3) is 0.353. The fourth-order valence-corrected chi connectivity index (χ4v) is 2.66. The molecule has 1 atom stereocenters. The zero-order chi connectivity index (χ0) is 15.4. The summed E-state index contributed by atoms with van der Waals surface area (Å²) in [6.07, 6.45) is 5.33. The van der Waals surface area contributed by atoms with E-state index in [9.17, 15) is 5.02 Å². The summed E-state index contributed by atoms with van der Waals surface area (Å²) in [5.74, 6) is 1.09. The third-order valence-electron chi connectivity index (χ3n) is 3.85. The van der Waals surface area contributed by atoms with Gasteiger partial charge in [-0.15, -0.1) is 0 Å². The van der Waals surface area contributed by atoms with Crippen LogP contribution < -0.4 is 4.74 Å². The SMILES string of the molecule is CCCOc1cccc(-c2cncc(C3COB(O)C3)c2)c1. The molecule has 0 saturated carbocycles. The van der Waals surface area contributed by atoms with Crippen molar-refractivity contribution >= 4 is 7.12 Å². The molecular formula is C17H20BNO3. The van der Waals surface area contributed by atoms with Crippen LogP contribution in [0.15, 0.2) is 42.7 Å². The van der Waals surface area contributed by atoms with Gasteiger partial charge in [-0.2, -0.15) is 0 Å². The Morgan fingerprint density at radius 2 is 2.23 bits per heavy atom. The highest BCUT2D eigenvalue weighted by Crippen LogP contribution is 2.31. The van der Waals surface area contributed by atoms with E-state index in [1.54, 1.807) is 0 Å². The quantitative estimate of drug-likeness (QED) is 0.861. The van der Waals surface area contributed by atoms with Crippen LogP contribution in [0.2, 0.25) is 6.32 Å². The summed E-state index contributed by atoms with van der Waals surface area (Å²) in [5.41, 5.74) is 3.25. The monoisotopic (exact) mass is 297 g/mol. The highest BCUT2D eigenvalue weighted by Gasteiger charge is 2.29. The van der Waals surface area contributed by atoms with Crippen LogP contribution in [-0.2, 0) is 4.65 Å². The molecular weight excluding hydrogens is 277 g/mol. The van der Waals surface area contributed by atoms with Crippen molar-refractivity contribution in [2.75, 3.05) is 13.2 Å². The molecule has 114 valence electrons. The Morgan fingerprint density at radius 3 is 3.00 bits per heavy atom. The van der Waals surface area contributed by atoms with Crippen molar-refractivity contribution in [3.8, 4) is 16.9 Å². The predicted molar refractivity (Wildman–Crippen MR) is 86.9 cm³/mol. The highest BCUT2D eigenvalue weighted by atomic mass is 16.5. The molecule has 1 unspecified atom stereocenters. The minimum Gasteiger partial charge on any atom is -0.494 e. The average molecular weight is 297 g/mol. The van der Waals surface area contributed by atoms with Gasteiger partial charge in [0.05, 0.1) is 6.61 Å². The minimum absolute atomic E-state index is 0.210. The molecule has 1 saturated heterocycles. The number of ether oxygens (including phenoxy) is 1. The van der Waals surface area contributed by atoms with Gasteiger partial charge >= 0.3 is 7.12 Å². The second-order valence-electron chi connectivity index (χ2n) is 5.60. The highest BCUT2D eigenvalue weighted by molar-refractivity contribution is 6.43. The first-order valence-corrected chi connectivity index (χ1v) is 7.74. The Balaban J connectivity index is 1.82. The molecule has 4 nitrogen and oxygen atoms in total. The van der Waals surface area contributed by atoms with E-state index in [4.69, 9.17) is 9.39 Å². The topological polar surface area (TPSA) is 51.6 Å². The minimum atomic E-state index is -0.653. The first-order valence-electron chi connectivity index (χ1n) is 7.74. The summed E-state index contributed by atoms with van der Waals surface area (Å²) >= 11 is 0. The van der Waals surface area contributed by atoms with Crippen molar-refractivity contribution < 1.29 is 14.4 Å². The molecule has 5 heteroatoms. The summed E-state index contributed by atoms with van der Waals surface area (Å²) in [6.45, 7) is 3.36. The molecule has 0 radical (unpaired) electrons. The Hall–Kier alpha value is -1.85. The Bertz CT molecular complexity index is 635. The van der Waals surface area contributed by atoms with Gasteiger partial charge in [0, 0.05) is 30.5 Å². The van der Waals surface area contributed by atoms with Crippen molar-refractivity contribution in [1.82, 2.24) is 4.98 Å². The maximum atomic E-state index is 9.51. The van der Waals surface area contributed by atoms with Gasteiger partial charge in [-0.1, -0.05) is 19.1 Å². The van der Waals surface area contributed by atoms with Gasteiger partial charge in [0.2, 0.25) is 0 Å². The van der Waals surface area contributed by atoms with E-state index < -0.39 is 7.12 Å². The van der Waals surface area contributed by atoms with E-state index in [0.717, 1.165) is 35.5 Å². The standard InChI is InChI=1S/C17H20BNO3/c1-2-6-21-17-5-3-4-13(8-17)14-7-15(11-19-10-14)16-9-18(20)22-12-16/h3-5,7-8,10-11,16,20H,2,6,9,12H2,1H3. The van der Waals surface area contributed by atoms with Crippen molar-refractivity contribution in [1.29, 1.82) is 0 Å². The lowest BCUT2D eigenvalue weighted by Crippen LogP contribution is -2.07. The lowest BCUT2D eigenvalue weighted by Gasteiger charge is -2.11. The second-order valence-corrected chi connectivity index (χ2v) is 5.60. The summed E-state index contributed by atoms with van der Waals surface area (Å²) in [7, 11) is -0.653. The maximum absolute atomic E-state index is 9.51. The lowest BCUT2D eigenvalue weighted by atomic mass is 9.80. The molecule has 2 aromatic rings. The normalized spacial score (nSPS) is 17.7. The predicted octanol–water partition coefficient (Wildman–Crippen LogP) is 3.13. The molecule has 22 heavy (non-hydrogen) atoms. The van der Waals surface area contributed by atoms with Crippen molar-refractivity contribution in [2.24, 2.45) is 0 Å². The number of pyridine rings is 1.